The maximum atomic E-state index is 13.4. The Morgan fingerprint density at radius 3 is 2.65 bits per heavy atom. The highest BCUT2D eigenvalue weighted by atomic mass is 19.1. The number of nitriles is 1. The largest absolute Gasteiger partial charge is 0.338 e. The fourth-order valence-electron chi connectivity index (χ4n) is 4.69. The molecule has 1 aliphatic heterocycles. The molecule has 0 amide bonds. The zero-order chi connectivity index (χ0) is 21.4. The second-order valence-electron chi connectivity index (χ2n) is 8.18. The predicted octanol–water partition coefficient (Wildman–Crippen LogP) is 2.18. The van der Waals surface area contributed by atoms with Crippen LogP contribution in [0.4, 0.5) is 10.3 Å². The topological polar surface area (TPSA) is 102 Å². The van der Waals surface area contributed by atoms with Gasteiger partial charge in [0.15, 0.2) is 0 Å². The van der Waals surface area contributed by atoms with Crippen LogP contribution in [-0.4, -0.2) is 57.1 Å². The average Bonchev–Trinajstić information content (AvgIpc) is 3.30. The summed E-state index contributed by atoms with van der Waals surface area (Å²) in [6.45, 7) is 3.51. The van der Waals surface area contributed by atoms with Crippen LogP contribution in [0.3, 0.4) is 0 Å². The summed E-state index contributed by atoms with van der Waals surface area (Å²) in [4.78, 5) is 33.1. The van der Waals surface area contributed by atoms with E-state index >= 15 is 0 Å². The van der Waals surface area contributed by atoms with Gasteiger partial charge in [-0.15, -0.1) is 0 Å². The Balaban J connectivity index is 1.23. The van der Waals surface area contributed by atoms with Crippen LogP contribution in [0.25, 0.3) is 10.9 Å². The van der Waals surface area contributed by atoms with Crippen molar-refractivity contribution in [1.82, 2.24) is 24.8 Å². The van der Waals surface area contributed by atoms with Gasteiger partial charge < -0.3 is 9.88 Å². The van der Waals surface area contributed by atoms with Crippen molar-refractivity contribution in [2.24, 2.45) is 0 Å². The van der Waals surface area contributed by atoms with Gasteiger partial charge in [0.25, 0.3) is 5.56 Å². The normalized spacial score (nSPS) is 22.0. The third-order valence-corrected chi connectivity index (χ3v) is 6.36. The summed E-state index contributed by atoms with van der Waals surface area (Å²) in [5, 5.41) is 9.18. The Kier molecular flexibility index (Phi) is 5.08. The molecule has 2 aliphatic rings. The summed E-state index contributed by atoms with van der Waals surface area (Å²) in [5.41, 5.74) is 0.725. The van der Waals surface area contributed by atoms with Crippen molar-refractivity contribution in [2.75, 3.05) is 31.1 Å². The summed E-state index contributed by atoms with van der Waals surface area (Å²) in [6, 6.07) is 6.63. The third kappa shape index (κ3) is 3.86. The van der Waals surface area contributed by atoms with Crippen molar-refractivity contribution in [1.29, 1.82) is 5.26 Å². The lowest BCUT2D eigenvalue weighted by atomic mass is 10.1. The number of hydrogen-bond acceptors (Lipinski definition) is 7. The van der Waals surface area contributed by atoms with E-state index in [2.05, 4.69) is 29.7 Å². The van der Waals surface area contributed by atoms with E-state index in [9.17, 15) is 9.18 Å². The minimum absolute atomic E-state index is 0.201. The van der Waals surface area contributed by atoms with Crippen molar-refractivity contribution in [3.63, 3.8) is 0 Å². The van der Waals surface area contributed by atoms with Crippen LogP contribution in [0, 0.1) is 17.1 Å². The first-order valence-corrected chi connectivity index (χ1v) is 10.5. The molecule has 5 rings (SSSR count). The van der Waals surface area contributed by atoms with Gasteiger partial charge in [-0.2, -0.15) is 5.26 Å². The van der Waals surface area contributed by atoms with Crippen LogP contribution in [-0.2, 0) is 0 Å². The molecular formula is C22H22FN7O. The Bertz CT molecular complexity index is 1200. The summed E-state index contributed by atoms with van der Waals surface area (Å²) >= 11 is 0. The lowest BCUT2D eigenvalue weighted by molar-refractivity contribution is 0.185. The fourth-order valence-corrected chi connectivity index (χ4v) is 4.69. The van der Waals surface area contributed by atoms with E-state index in [1.165, 1.54) is 12.1 Å². The summed E-state index contributed by atoms with van der Waals surface area (Å²) in [5.74, 6) is 1.14. The van der Waals surface area contributed by atoms with Crippen molar-refractivity contribution < 1.29 is 4.39 Å². The summed E-state index contributed by atoms with van der Waals surface area (Å²) in [6.07, 6.45) is 6.09. The van der Waals surface area contributed by atoms with Crippen molar-refractivity contribution >= 4 is 16.9 Å². The van der Waals surface area contributed by atoms with Crippen molar-refractivity contribution in [3.05, 3.63) is 58.2 Å². The fraction of sp³-hybridized carbons (Fsp3) is 0.409. The molecule has 158 valence electrons. The highest BCUT2D eigenvalue weighted by Crippen LogP contribution is 2.36. The van der Waals surface area contributed by atoms with Gasteiger partial charge in [0.2, 0.25) is 5.95 Å². The molecule has 8 nitrogen and oxygen atoms in total. The van der Waals surface area contributed by atoms with Gasteiger partial charge in [0, 0.05) is 38.1 Å². The lowest BCUT2D eigenvalue weighted by Gasteiger charge is -2.38. The number of fused-ring (bicyclic) bond motifs is 1. The number of nitrogens with zero attached hydrogens (tertiary/aromatic N) is 6. The maximum absolute atomic E-state index is 13.4. The molecular weight excluding hydrogens is 397 g/mol. The van der Waals surface area contributed by atoms with Gasteiger partial charge in [-0.25, -0.2) is 19.3 Å². The molecule has 1 saturated heterocycles. The summed E-state index contributed by atoms with van der Waals surface area (Å²) < 4.78 is 13.4. The molecule has 1 aromatic carbocycles. The molecule has 0 radical (unpaired) electrons. The first-order valence-electron chi connectivity index (χ1n) is 10.5. The Labute approximate surface area is 178 Å². The number of halogens is 1. The van der Waals surface area contributed by atoms with E-state index < -0.39 is 5.82 Å². The van der Waals surface area contributed by atoms with Gasteiger partial charge in [-0.1, -0.05) is 0 Å². The molecule has 3 aromatic rings. The number of H-pyrrole nitrogens is 1. The van der Waals surface area contributed by atoms with Crippen LogP contribution >= 0.6 is 0 Å². The molecule has 1 N–H and O–H groups in total. The minimum Gasteiger partial charge on any atom is -0.338 e. The Morgan fingerprint density at radius 1 is 1.13 bits per heavy atom. The zero-order valence-corrected chi connectivity index (χ0v) is 17.0. The van der Waals surface area contributed by atoms with E-state index in [0.717, 1.165) is 45.4 Å². The van der Waals surface area contributed by atoms with E-state index in [-0.39, 0.29) is 11.5 Å². The quantitative estimate of drug-likeness (QED) is 0.694. The van der Waals surface area contributed by atoms with E-state index in [4.69, 9.17) is 5.26 Å². The maximum Gasteiger partial charge on any atom is 0.258 e. The van der Waals surface area contributed by atoms with Gasteiger partial charge in [-0.05, 0) is 37.5 Å². The number of nitrogens with one attached hydrogen (secondary N) is 1. The first-order chi connectivity index (χ1) is 15.1. The predicted molar refractivity (Wildman–Crippen MR) is 113 cm³/mol. The van der Waals surface area contributed by atoms with Crippen LogP contribution in [0.15, 0.2) is 35.4 Å². The molecule has 31 heavy (non-hydrogen) atoms. The number of piperazine rings is 1. The minimum atomic E-state index is -0.431. The second-order valence-corrected chi connectivity index (χ2v) is 8.18. The molecule has 1 saturated carbocycles. The van der Waals surface area contributed by atoms with E-state index in [1.807, 2.05) is 6.07 Å². The number of hydrogen-bond donors (Lipinski definition) is 1. The van der Waals surface area contributed by atoms with Crippen LogP contribution in [0.2, 0.25) is 0 Å². The average molecular weight is 419 g/mol. The van der Waals surface area contributed by atoms with Crippen LogP contribution < -0.4 is 10.5 Å². The molecule has 2 unspecified atom stereocenters. The molecule has 2 aromatic heterocycles. The number of benzene rings is 1. The van der Waals surface area contributed by atoms with Crippen LogP contribution in [0.1, 0.15) is 36.6 Å². The monoisotopic (exact) mass is 419 g/mol. The number of aromatic amines is 1. The van der Waals surface area contributed by atoms with Crippen LogP contribution in [0.5, 0.6) is 0 Å². The lowest BCUT2D eigenvalue weighted by Crippen LogP contribution is -2.50. The van der Waals surface area contributed by atoms with Gasteiger partial charge >= 0.3 is 0 Å². The molecule has 0 bridgehead atoms. The smallest absolute Gasteiger partial charge is 0.258 e. The SMILES string of the molecule is N#Cc1cnc(N2CCN(C3CCC(c4nc5ccc(F)cc5c(=O)[nH]4)C3)CC2)nc1. The Hall–Kier alpha value is -3.38. The molecule has 2 atom stereocenters. The molecule has 3 heterocycles. The highest BCUT2D eigenvalue weighted by molar-refractivity contribution is 5.77. The highest BCUT2D eigenvalue weighted by Gasteiger charge is 2.33. The molecule has 2 fully saturated rings. The number of aromatic nitrogens is 4. The van der Waals surface area contributed by atoms with Gasteiger partial charge in [-0.3, -0.25) is 9.69 Å². The third-order valence-electron chi connectivity index (χ3n) is 6.36. The molecule has 1 aliphatic carbocycles. The van der Waals surface area contributed by atoms with Crippen molar-refractivity contribution in [2.45, 2.75) is 31.2 Å². The zero-order valence-electron chi connectivity index (χ0n) is 17.0. The van der Waals surface area contributed by atoms with Gasteiger partial charge in [0.05, 0.1) is 28.9 Å². The van der Waals surface area contributed by atoms with Crippen molar-refractivity contribution in [3.8, 4) is 6.07 Å². The van der Waals surface area contributed by atoms with E-state index in [0.29, 0.717) is 34.3 Å². The summed E-state index contributed by atoms with van der Waals surface area (Å²) in [7, 11) is 0. The second kappa shape index (κ2) is 8.04. The number of anilines is 1. The van der Waals surface area contributed by atoms with E-state index in [1.54, 1.807) is 18.5 Å². The molecule has 9 heteroatoms. The number of rotatable bonds is 3. The first kappa shape index (κ1) is 19.6. The van der Waals surface area contributed by atoms with Gasteiger partial charge in [0.1, 0.15) is 17.7 Å². The Morgan fingerprint density at radius 2 is 1.90 bits per heavy atom. The standard InChI is InChI=1S/C22H22FN7O/c23-16-2-4-19-18(10-16)21(31)28-20(27-19)15-1-3-17(9-15)29-5-7-30(8-6-29)22-25-12-14(11-24)13-26-22/h2,4,10,12-13,15,17H,1,3,5-9H2,(H,27,28,31). The molecule has 0 spiro atoms.